The van der Waals surface area contributed by atoms with Crippen molar-refractivity contribution in [2.45, 2.75) is 20.8 Å². The number of carbonyl (C=O) groups is 2. The molecule has 1 aliphatic rings. The Labute approximate surface area is 162 Å². The summed E-state index contributed by atoms with van der Waals surface area (Å²) in [5.74, 6) is -0.563. The maximum absolute atomic E-state index is 11.2. The van der Waals surface area contributed by atoms with Gasteiger partial charge < -0.3 is 13.3 Å². The lowest BCUT2D eigenvalue weighted by molar-refractivity contribution is -0.119. The molecule has 0 saturated heterocycles. The summed E-state index contributed by atoms with van der Waals surface area (Å²) in [7, 11) is -2.71. The summed E-state index contributed by atoms with van der Waals surface area (Å²) in [6.45, 7) is 14.9. The van der Waals surface area contributed by atoms with Gasteiger partial charge in [0, 0.05) is 37.2 Å². The Bertz CT molecular complexity index is 652. The van der Waals surface area contributed by atoms with Gasteiger partial charge in [0.1, 0.15) is 0 Å². The van der Waals surface area contributed by atoms with Gasteiger partial charge in [-0.2, -0.15) is 0 Å². The number of nitrogens with zero attached hydrogens (tertiary/aromatic N) is 1. The van der Waals surface area contributed by atoms with E-state index < -0.39 is 8.80 Å². The predicted molar refractivity (Wildman–Crippen MR) is 108 cm³/mol. The van der Waals surface area contributed by atoms with Crippen molar-refractivity contribution in [1.82, 2.24) is 0 Å². The predicted octanol–water partition coefficient (Wildman–Crippen LogP) is 3.43. The fraction of sp³-hybridized carbons (Fsp3) is 0.300. The van der Waals surface area contributed by atoms with E-state index in [-0.39, 0.29) is 11.8 Å². The highest BCUT2D eigenvalue weighted by Crippen LogP contribution is 2.19. The van der Waals surface area contributed by atoms with Gasteiger partial charge in [-0.3, -0.25) is 9.59 Å². The van der Waals surface area contributed by atoms with Gasteiger partial charge in [0.2, 0.25) is 0 Å². The molecule has 0 fully saturated rings. The number of imide groups is 1. The topological polar surface area (TPSA) is 65.1 Å². The Hall–Kier alpha value is -2.32. The van der Waals surface area contributed by atoms with Gasteiger partial charge in [-0.1, -0.05) is 37.4 Å². The van der Waals surface area contributed by atoms with Gasteiger partial charge in [0.15, 0.2) is 0 Å². The third-order valence-electron chi connectivity index (χ3n) is 3.47. The molecule has 2 rings (SSSR count). The molecule has 6 nitrogen and oxygen atoms in total. The van der Waals surface area contributed by atoms with Crippen LogP contribution in [0.2, 0.25) is 0 Å². The number of hydrogen-bond donors (Lipinski definition) is 0. The Balaban J connectivity index is 0.000000270. The monoisotopic (exact) mass is 389 g/mol. The number of rotatable bonds is 9. The van der Waals surface area contributed by atoms with Crippen molar-refractivity contribution >= 4 is 26.3 Å². The van der Waals surface area contributed by atoms with Gasteiger partial charge >= 0.3 is 8.80 Å². The van der Waals surface area contributed by atoms with E-state index in [1.807, 2.05) is 26.8 Å². The summed E-state index contributed by atoms with van der Waals surface area (Å²) in [6, 6.07) is 8.86. The summed E-state index contributed by atoms with van der Waals surface area (Å²) in [4.78, 5) is 23.5. The average molecular weight is 390 g/mol. The number of carbonyl (C=O) groups excluding carboxylic acids is 2. The van der Waals surface area contributed by atoms with E-state index in [2.05, 4.69) is 13.2 Å². The van der Waals surface area contributed by atoms with E-state index in [1.165, 1.54) is 12.2 Å². The van der Waals surface area contributed by atoms with Crippen molar-refractivity contribution < 1.29 is 22.9 Å². The van der Waals surface area contributed by atoms with Crippen LogP contribution in [0.25, 0.3) is 0 Å². The Morgan fingerprint density at radius 2 is 1.41 bits per heavy atom. The second-order valence-corrected chi connectivity index (χ2v) is 7.89. The molecule has 1 aromatic rings. The van der Waals surface area contributed by atoms with Crippen LogP contribution in [0.3, 0.4) is 0 Å². The summed E-state index contributed by atoms with van der Waals surface area (Å²) >= 11 is 0. The normalized spacial score (nSPS) is 13.4. The maximum atomic E-state index is 11.2. The molecule has 0 unspecified atom stereocenters. The zero-order valence-electron chi connectivity index (χ0n) is 16.1. The number of benzene rings is 1. The number of amides is 2. The Morgan fingerprint density at radius 3 is 1.78 bits per heavy atom. The van der Waals surface area contributed by atoms with E-state index in [9.17, 15) is 9.59 Å². The van der Waals surface area contributed by atoms with Crippen molar-refractivity contribution in [3.63, 3.8) is 0 Å². The molecule has 0 aliphatic carbocycles. The summed E-state index contributed by atoms with van der Waals surface area (Å²) in [5, 5.41) is 0.725. The van der Waals surface area contributed by atoms with Crippen molar-refractivity contribution in [1.29, 1.82) is 0 Å². The van der Waals surface area contributed by atoms with Crippen LogP contribution in [0.15, 0.2) is 66.9 Å². The molecule has 27 heavy (non-hydrogen) atoms. The van der Waals surface area contributed by atoms with Crippen LogP contribution in [-0.2, 0) is 22.9 Å². The Kier molecular flexibility index (Phi) is 9.59. The fourth-order valence-corrected chi connectivity index (χ4v) is 4.53. The minimum atomic E-state index is -2.71. The molecule has 7 heteroatoms. The third-order valence-corrected chi connectivity index (χ3v) is 6.46. The first-order valence-corrected chi connectivity index (χ1v) is 10.5. The molecule has 0 aromatic heterocycles. The largest absolute Gasteiger partial charge is 0.536 e. The molecule has 2 amide bonds. The van der Waals surface area contributed by atoms with Crippen molar-refractivity contribution in [2.24, 2.45) is 0 Å². The Morgan fingerprint density at radius 1 is 0.963 bits per heavy atom. The second-order valence-electron chi connectivity index (χ2n) is 5.27. The summed E-state index contributed by atoms with van der Waals surface area (Å²) < 4.78 is 16.8. The zero-order chi connectivity index (χ0) is 20.3. The smallest absolute Gasteiger partial charge is 0.370 e. The molecule has 0 saturated carbocycles. The molecule has 146 valence electrons. The van der Waals surface area contributed by atoms with Crippen LogP contribution in [0.5, 0.6) is 0 Å². The van der Waals surface area contributed by atoms with Gasteiger partial charge in [-0.25, -0.2) is 4.90 Å². The molecule has 0 radical (unpaired) electrons. The molecule has 1 heterocycles. The van der Waals surface area contributed by atoms with Crippen LogP contribution >= 0.6 is 0 Å². The first-order chi connectivity index (χ1) is 13.0. The lowest BCUT2D eigenvalue weighted by Gasteiger charge is -2.28. The lowest BCUT2D eigenvalue weighted by atomic mass is 10.3. The fourth-order valence-electron chi connectivity index (χ4n) is 2.33. The summed E-state index contributed by atoms with van der Waals surface area (Å²) in [6.07, 6.45) is 4.19. The lowest BCUT2D eigenvalue weighted by Crippen LogP contribution is -2.47. The highest BCUT2D eigenvalue weighted by molar-refractivity contribution is 6.69. The second kappa shape index (κ2) is 11.4. The van der Waals surface area contributed by atoms with Crippen LogP contribution < -0.4 is 4.90 Å². The first kappa shape index (κ1) is 22.7. The van der Waals surface area contributed by atoms with Crippen molar-refractivity contribution in [2.75, 3.05) is 24.7 Å². The number of hydrogen-bond acceptors (Lipinski definition) is 5. The minimum absolute atomic E-state index is 0.281. The maximum Gasteiger partial charge on any atom is 0.536 e. The zero-order valence-corrected chi connectivity index (χ0v) is 17.1. The van der Waals surface area contributed by atoms with Gasteiger partial charge in [0.05, 0.1) is 5.69 Å². The third kappa shape index (κ3) is 6.11. The molecule has 0 spiro atoms. The molecular formula is C20H27NO5Si. The van der Waals surface area contributed by atoms with Crippen LogP contribution in [0.4, 0.5) is 5.69 Å². The van der Waals surface area contributed by atoms with Gasteiger partial charge in [0.25, 0.3) is 11.8 Å². The standard InChI is InChI=1S/C10H7NO2.C10H20O3Si/c12-9-6-7-10(13)11(9)8-4-2-1-3-5-8;1-6-10(5)14(11-7-2,12-8-3)13-9-4/h1-7H;6H,1,5,7-9H2,2-4H3. The molecule has 0 bridgehead atoms. The molecule has 1 aliphatic heterocycles. The van der Waals surface area contributed by atoms with E-state index in [1.54, 1.807) is 30.3 Å². The minimum Gasteiger partial charge on any atom is -0.370 e. The molecule has 0 atom stereocenters. The van der Waals surface area contributed by atoms with Crippen molar-refractivity contribution in [3.05, 3.63) is 66.9 Å². The molecule has 1 aromatic carbocycles. The highest BCUT2D eigenvalue weighted by atomic mass is 28.4. The molecular weight excluding hydrogens is 362 g/mol. The number of para-hydroxylation sites is 1. The van der Waals surface area contributed by atoms with E-state index in [0.717, 1.165) is 10.1 Å². The average Bonchev–Trinajstić information content (AvgIpc) is 3.01. The first-order valence-electron chi connectivity index (χ1n) is 8.80. The van der Waals surface area contributed by atoms with Gasteiger partial charge in [-0.15, -0.1) is 0 Å². The van der Waals surface area contributed by atoms with Crippen LogP contribution in [-0.4, -0.2) is 40.4 Å². The van der Waals surface area contributed by atoms with Gasteiger partial charge in [-0.05, 0) is 32.9 Å². The van der Waals surface area contributed by atoms with Crippen LogP contribution in [0.1, 0.15) is 20.8 Å². The number of allylic oxidation sites excluding steroid dienone is 2. The van der Waals surface area contributed by atoms with E-state index >= 15 is 0 Å². The van der Waals surface area contributed by atoms with E-state index in [0.29, 0.717) is 25.5 Å². The van der Waals surface area contributed by atoms with E-state index in [4.69, 9.17) is 13.3 Å². The quantitative estimate of drug-likeness (QED) is 0.368. The summed E-state index contributed by atoms with van der Waals surface area (Å²) in [5.41, 5.74) is 0.613. The SMILES string of the molecule is C=CC(=C)[Si](OCC)(OCC)OCC.O=C1C=CC(=O)N1c1ccccc1. The highest BCUT2D eigenvalue weighted by Gasteiger charge is 2.42. The van der Waals surface area contributed by atoms with Crippen molar-refractivity contribution in [3.8, 4) is 0 Å². The van der Waals surface area contributed by atoms with Crippen LogP contribution in [0, 0.1) is 0 Å². The molecule has 0 N–H and O–H groups in total. The number of anilines is 1.